The number of benzene rings is 1. The van der Waals surface area contributed by atoms with Gasteiger partial charge in [0.15, 0.2) is 5.76 Å². The lowest BCUT2D eigenvalue weighted by molar-refractivity contribution is -0.140. The van der Waals surface area contributed by atoms with Gasteiger partial charge in [-0.2, -0.15) is 0 Å². The Morgan fingerprint density at radius 3 is 2.61 bits per heavy atom. The van der Waals surface area contributed by atoms with Gasteiger partial charge in [-0.3, -0.25) is 14.0 Å². The van der Waals surface area contributed by atoms with E-state index in [2.05, 4.69) is 30.7 Å². The fraction of sp³-hybridized carbons (Fsp3) is 0.433. The molecule has 2 aromatic heterocycles. The zero-order chi connectivity index (χ0) is 27.2. The Morgan fingerprint density at radius 2 is 1.87 bits per heavy atom. The number of aliphatic hydroxyl groups excluding tert-OH is 1. The number of Topliss-reactive ketones (excluding diaryl/α,β-unsaturated/α-hetero) is 1. The van der Waals surface area contributed by atoms with Crippen molar-refractivity contribution in [3.63, 3.8) is 0 Å². The maximum Gasteiger partial charge on any atom is 0.295 e. The van der Waals surface area contributed by atoms with E-state index in [1.54, 1.807) is 22.4 Å². The van der Waals surface area contributed by atoms with E-state index in [4.69, 9.17) is 4.74 Å². The summed E-state index contributed by atoms with van der Waals surface area (Å²) in [4.78, 5) is 35.3. The smallest absolute Gasteiger partial charge is 0.295 e. The molecular formula is C30H38N4O4. The number of pyridine rings is 1. The third kappa shape index (κ3) is 5.45. The van der Waals surface area contributed by atoms with Crippen LogP contribution in [0, 0.1) is 6.92 Å². The molecule has 3 heterocycles. The second kappa shape index (κ2) is 12.3. The first-order valence-corrected chi connectivity index (χ1v) is 13.6. The molecule has 8 heteroatoms. The highest BCUT2D eigenvalue weighted by Crippen LogP contribution is 2.41. The number of imidazole rings is 1. The van der Waals surface area contributed by atoms with Crippen molar-refractivity contribution in [2.24, 2.45) is 0 Å². The minimum Gasteiger partial charge on any atom is -0.505 e. The van der Waals surface area contributed by atoms with Crippen molar-refractivity contribution in [3.8, 4) is 5.75 Å². The summed E-state index contributed by atoms with van der Waals surface area (Å²) < 4.78 is 7.68. The zero-order valence-electron chi connectivity index (χ0n) is 22.8. The molecule has 1 atom stereocenters. The van der Waals surface area contributed by atoms with Crippen LogP contribution in [0.3, 0.4) is 0 Å². The number of ether oxygens (including phenoxy) is 1. The Morgan fingerprint density at radius 1 is 1.08 bits per heavy atom. The molecule has 1 aromatic carbocycles. The van der Waals surface area contributed by atoms with Crippen LogP contribution in [-0.2, 0) is 9.59 Å². The number of likely N-dealkylation sites (tertiary alicyclic amines) is 1. The lowest BCUT2D eigenvalue weighted by Gasteiger charge is -2.27. The molecule has 0 bridgehead atoms. The SMILES string of the molecule is CCCCOc1cccc(C2/C(=C(\O)c3c(C)nc4ccccn34)C(=O)C(=O)N2CCCN(CC)CC)c1. The fourth-order valence-corrected chi connectivity index (χ4v) is 5.10. The van der Waals surface area contributed by atoms with Crippen molar-refractivity contribution >= 4 is 23.1 Å². The summed E-state index contributed by atoms with van der Waals surface area (Å²) >= 11 is 0. The molecule has 3 aromatic rings. The van der Waals surface area contributed by atoms with Gasteiger partial charge in [-0.15, -0.1) is 0 Å². The van der Waals surface area contributed by atoms with E-state index in [-0.39, 0.29) is 11.3 Å². The molecule has 8 nitrogen and oxygen atoms in total. The standard InChI is InChI=1S/C30H38N4O4/c1-5-8-19-38-23-14-11-13-22(20-23)27-25(28(35)26-21(4)31-24-15-9-10-17-33(24)26)29(36)30(37)34(27)18-12-16-32(6-2)7-3/h9-11,13-15,17,20,27,35H,5-8,12,16,18-19H2,1-4H3/b28-25+. The van der Waals surface area contributed by atoms with Crippen LogP contribution in [0.5, 0.6) is 5.75 Å². The van der Waals surface area contributed by atoms with E-state index in [9.17, 15) is 14.7 Å². The van der Waals surface area contributed by atoms with Crippen molar-refractivity contribution in [2.75, 3.05) is 32.8 Å². The van der Waals surface area contributed by atoms with Crippen LogP contribution in [0.2, 0.25) is 0 Å². The summed E-state index contributed by atoms with van der Waals surface area (Å²) in [6, 6.07) is 12.3. The second-order valence-corrected chi connectivity index (χ2v) is 9.62. The number of fused-ring (bicyclic) bond motifs is 1. The van der Waals surface area contributed by atoms with Gasteiger partial charge in [0.2, 0.25) is 0 Å². The predicted molar refractivity (Wildman–Crippen MR) is 148 cm³/mol. The first kappa shape index (κ1) is 27.4. The number of hydrogen-bond donors (Lipinski definition) is 1. The first-order valence-electron chi connectivity index (χ1n) is 13.6. The van der Waals surface area contributed by atoms with Crippen LogP contribution >= 0.6 is 0 Å². The molecule has 1 unspecified atom stereocenters. The van der Waals surface area contributed by atoms with Gasteiger partial charge < -0.3 is 19.6 Å². The molecule has 202 valence electrons. The lowest BCUT2D eigenvalue weighted by atomic mass is 9.96. The molecule has 1 N–H and O–H groups in total. The molecule has 0 aliphatic carbocycles. The zero-order valence-corrected chi connectivity index (χ0v) is 22.8. The number of aromatic nitrogens is 2. The van der Waals surface area contributed by atoms with E-state index in [0.29, 0.717) is 42.4 Å². The summed E-state index contributed by atoms with van der Waals surface area (Å²) in [6.45, 7) is 11.8. The molecular weight excluding hydrogens is 480 g/mol. The highest BCUT2D eigenvalue weighted by Gasteiger charge is 2.46. The van der Waals surface area contributed by atoms with Crippen LogP contribution in [0.4, 0.5) is 0 Å². The molecule has 38 heavy (non-hydrogen) atoms. The number of aliphatic hydroxyl groups is 1. The topological polar surface area (TPSA) is 87.4 Å². The number of ketones is 1. The molecule has 1 fully saturated rings. The summed E-state index contributed by atoms with van der Waals surface area (Å²) in [7, 11) is 0. The van der Waals surface area contributed by atoms with Crippen molar-refractivity contribution in [1.29, 1.82) is 0 Å². The van der Waals surface area contributed by atoms with Gasteiger partial charge in [-0.25, -0.2) is 4.98 Å². The molecule has 0 saturated carbocycles. The van der Waals surface area contributed by atoms with E-state index < -0.39 is 17.7 Å². The Hall–Kier alpha value is -3.65. The maximum atomic E-state index is 13.5. The number of hydrogen-bond acceptors (Lipinski definition) is 6. The highest BCUT2D eigenvalue weighted by atomic mass is 16.5. The molecule has 1 saturated heterocycles. The largest absolute Gasteiger partial charge is 0.505 e. The number of aryl methyl sites for hydroxylation is 1. The fourth-order valence-electron chi connectivity index (χ4n) is 5.10. The quantitative estimate of drug-likeness (QED) is 0.158. The van der Waals surface area contributed by atoms with E-state index in [1.165, 1.54) is 0 Å². The molecule has 1 aliphatic rings. The van der Waals surface area contributed by atoms with Crippen LogP contribution in [0.15, 0.2) is 54.2 Å². The van der Waals surface area contributed by atoms with Gasteiger partial charge in [0, 0.05) is 12.7 Å². The number of nitrogens with zero attached hydrogens (tertiary/aromatic N) is 4. The minimum atomic E-state index is -0.727. The van der Waals surface area contributed by atoms with E-state index >= 15 is 0 Å². The van der Waals surface area contributed by atoms with Gasteiger partial charge in [-0.1, -0.05) is 45.4 Å². The number of carbonyl (C=O) groups excluding carboxylic acids is 2. The average molecular weight is 519 g/mol. The Balaban J connectivity index is 1.79. The highest BCUT2D eigenvalue weighted by molar-refractivity contribution is 6.46. The van der Waals surface area contributed by atoms with Crippen molar-refractivity contribution < 1.29 is 19.4 Å². The number of unbranched alkanes of at least 4 members (excludes halogenated alkanes) is 1. The predicted octanol–water partition coefficient (Wildman–Crippen LogP) is 4.98. The summed E-state index contributed by atoms with van der Waals surface area (Å²) in [5.41, 5.74) is 2.47. The normalized spacial score (nSPS) is 17.2. The average Bonchev–Trinajstić information content (AvgIpc) is 3.39. The van der Waals surface area contributed by atoms with Crippen LogP contribution in [-0.4, -0.2) is 68.8 Å². The first-order chi connectivity index (χ1) is 18.4. The van der Waals surface area contributed by atoms with Gasteiger partial charge in [0.1, 0.15) is 17.1 Å². The van der Waals surface area contributed by atoms with Crippen LogP contribution in [0.1, 0.15) is 63.0 Å². The maximum absolute atomic E-state index is 13.5. The summed E-state index contributed by atoms with van der Waals surface area (Å²) in [5.74, 6) is -0.818. The number of rotatable bonds is 12. The van der Waals surface area contributed by atoms with Crippen molar-refractivity contribution in [3.05, 3.63) is 71.2 Å². The molecule has 4 rings (SSSR count). The summed E-state index contributed by atoms with van der Waals surface area (Å²) in [5, 5.41) is 11.6. The van der Waals surface area contributed by atoms with Gasteiger partial charge in [0.05, 0.1) is 23.9 Å². The monoisotopic (exact) mass is 518 g/mol. The van der Waals surface area contributed by atoms with Gasteiger partial charge in [-0.05, 0) is 69.2 Å². The Bertz CT molecular complexity index is 1320. The van der Waals surface area contributed by atoms with Gasteiger partial charge in [0.25, 0.3) is 11.7 Å². The number of carbonyl (C=O) groups is 2. The van der Waals surface area contributed by atoms with E-state index in [0.717, 1.165) is 38.0 Å². The molecule has 0 radical (unpaired) electrons. The molecule has 1 amide bonds. The molecule has 1 aliphatic heterocycles. The van der Waals surface area contributed by atoms with Crippen LogP contribution in [0.25, 0.3) is 11.4 Å². The summed E-state index contributed by atoms with van der Waals surface area (Å²) in [6.07, 6.45) is 4.46. The molecule has 0 spiro atoms. The van der Waals surface area contributed by atoms with Crippen molar-refractivity contribution in [2.45, 2.75) is 53.0 Å². The van der Waals surface area contributed by atoms with E-state index in [1.807, 2.05) is 42.5 Å². The van der Waals surface area contributed by atoms with Crippen LogP contribution < -0.4 is 4.74 Å². The Labute approximate surface area is 224 Å². The third-order valence-corrected chi connectivity index (χ3v) is 7.18. The second-order valence-electron chi connectivity index (χ2n) is 9.62. The third-order valence-electron chi connectivity index (χ3n) is 7.18. The van der Waals surface area contributed by atoms with Crippen molar-refractivity contribution in [1.82, 2.24) is 19.2 Å². The van der Waals surface area contributed by atoms with Gasteiger partial charge >= 0.3 is 0 Å². The Kier molecular flexibility index (Phi) is 8.84. The lowest BCUT2D eigenvalue weighted by Crippen LogP contribution is -2.33. The minimum absolute atomic E-state index is 0.0808. The number of amides is 1.